The minimum Gasteiger partial charge on any atom is -0.439 e. The molecule has 1 atom stereocenters. The summed E-state index contributed by atoms with van der Waals surface area (Å²) in [5.74, 6) is -0.121. The fraction of sp³-hybridized carbons (Fsp3) is 0.588. The molecule has 2 saturated heterocycles. The summed E-state index contributed by atoms with van der Waals surface area (Å²) >= 11 is 0. The van der Waals surface area contributed by atoms with Gasteiger partial charge in [-0.2, -0.15) is 0 Å². The lowest BCUT2D eigenvalue weighted by atomic mass is 9.92. The number of ether oxygens (including phenoxy) is 1. The Morgan fingerprint density at radius 1 is 1.29 bits per heavy atom. The van der Waals surface area contributed by atoms with Crippen LogP contribution < -0.4 is 5.56 Å². The summed E-state index contributed by atoms with van der Waals surface area (Å²) < 4.78 is 5.51. The molecule has 7 heteroatoms. The number of carbonyl (C=O) groups is 2. The molecule has 0 radical (unpaired) electrons. The minimum atomic E-state index is -0.648. The lowest BCUT2D eigenvalue weighted by Gasteiger charge is -2.38. The van der Waals surface area contributed by atoms with Gasteiger partial charge in [-0.25, -0.2) is 4.79 Å². The number of piperidine rings is 1. The number of hydrogen-bond donors (Lipinski definition) is 1. The average molecular weight is 333 g/mol. The molecular weight excluding hydrogens is 310 g/mol. The normalized spacial score (nSPS) is 23.9. The van der Waals surface area contributed by atoms with Gasteiger partial charge in [0, 0.05) is 19.3 Å². The summed E-state index contributed by atoms with van der Waals surface area (Å²) in [6, 6.07) is 3.37. The van der Waals surface area contributed by atoms with Crippen molar-refractivity contribution in [2.75, 3.05) is 26.7 Å². The minimum absolute atomic E-state index is 0.133. The number of nitrogens with one attached hydrogen (secondary N) is 1. The number of rotatable bonds is 2. The molecule has 1 N–H and O–H groups in total. The highest BCUT2D eigenvalue weighted by molar-refractivity contribution is 5.94. The van der Waals surface area contributed by atoms with Crippen molar-refractivity contribution in [3.05, 3.63) is 33.7 Å². The van der Waals surface area contributed by atoms with Crippen molar-refractivity contribution in [3.63, 3.8) is 0 Å². The van der Waals surface area contributed by atoms with Crippen LogP contribution in [0.2, 0.25) is 0 Å². The van der Waals surface area contributed by atoms with Crippen LogP contribution in [0.5, 0.6) is 0 Å². The number of hydrogen-bond acceptors (Lipinski definition) is 4. The summed E-state index contributed by atoms with van der Waals surface area (Å²) in [4.78, 5) is 42.6. The first-order chi connectivity index (χ1) is 11.3. The van der Waals surface area contributed by atoms with Crippen LogP contribution in [0.4, 0.5) is 4.79 Å². The third-order valence-electron chi connectivity index (χ3n) is 4.75. The first-order valence-electron chi connectivity index (χ1n) is 8.28. The lowest BCUT2D eigenvalue weighted by Crippen LogP contribution is -2.53. The van der Waals surface area contributed by atoms with E-state index in [-0.39, 0.29) is 29.0 Å². The van der Waals surface area contributed by atoms with Gasteiger partial charge in [0.1, 0.15) is 11.2 Å². The second-order valence-corrected chi connectivity index (χ2v) is 7.05. The van der Waals surface area contributed by atoms with Crippen LogP contribution in [0.1, 0.15) is 48.7 Å². The third kappa shape index (κ3) is 2.90. The Balaban J connectivity index is 1.80. The second kappa shape index (κ2) is 5.96. The van der Waals surface area contributed by atoms with Crippen molar-refractivity contribution in [1.29, 1.82) is 0 Å². The molecule has 24 heavy (non-hydrogen) atoms. The molecule has 1 aromatic rings. The zero-order valence-electron chi connectivity index (χ0n) is 14.3. The van der Waals surface area contributed by atoms with Gasteiger partial charge in [0.2, 0.25) is 0 Å². The van der Waals surface area contributed by atoms with Crippen molar-refractivity contribution >= 4 is 12.0 Å². The highest BCUT2D eigenvalue weighted by atomic mass is 16.6. The summed E-state index contributed by atoms with van der Waals surface area (Å²) in [7, 11) is 1.69. The number of carbonyl (C=O) groups excluding carboxylic acids is 2. The molecule has 0 aliphatic carbocycles. The summed E-state index contributed by atoms with van der Waals surface area (Å²) in [6.45, 7) is 5.32. The molecule has 130 valence electrons. The zero-order valence-corrected chi connectivity index (χ0v) is 14.3. The van der Waals surface area contributed by atoms with E-state index in [0.29, 0.717) is 19.6 Å². The summed E-state index contributed by atoms with van der Waals surface area (Å²) in [5, 5.41) is 0. The number of aromatic nitrogens is 1. The van der Waals surface area contributed by atoms with E-state index in [4.69, 9.17) is 4.74 Å². The molecule has 1 spiro atoms. The van der Waals surface area contributed by atoms with E-state index < -0.39 is 5.60 Å². The number of H-pyrrole nitrogens is 1. The maximum absolute atomic E-state index is 12.8. The van der Waals surface area contributed by atoms with Gasteiger partial charge in [-0.05, 0) is 30.9 Å². The largest absolute Gasteiger partial charge is 0.439 e. The van der Waals surface area contributed by atoms with E-state index in [2.05, 4.69) is 4.98 Å². The van der Waals surface area contributed by atoms with E-state index in [1.807, 2.05) is 13.8 Å². The van der Waals surface area contributed by atoms with E-state index >= 15 is 0 Å². The SMILES string of the molecule is CC(C)c1ccc(C(=O)N2CCC[C@]3(CN(C)C(=O)O3)C2)c(=O)[nH]1. The molecule has 7 nitrogen and oxygen atoms in total. The van der Waals surface area contributed by atoms with Gasteiger partial charge in [-0.3, -0.25) is 9.59 Å². The Morgan fingerprint density at radius 2 is 2.04 bits per heavy atom. The first-order valence-corrected chi connectivity index (χ1v) is 8.28. The predicted octanol–water partition coefficient (Wildman–Crippen LogP) is 1.56. The molecule has 0 saturated carbocycles. The first kappa shape index (κ1) is 16.5. The standard InChI is InChI=1S/C17H23N3O4/c1-11(2)13-6-5-12(14(21)18-13)15(22)20-8-4-7-17(10-20)9-19(3)16(23)24-17/h5-6,11H,4,7-10H2,1-3H3,(H,18,21)/t17-/m0/s1. The van der Waals surface area contributed by atoms with Crippen molar-refractivity contribution in [2.24, 2.45) is 0 Å². The number of aromatic amines is 1. The highest BCUT2D eigenvalue weighted by Crippen LogP contribution is 2.31. The lowest BCUT2D eigenvalue weighted by molar-refractivity contribution is -0.00528. The van der Waals surface area contributed by atoms with Crippen LogP contribution in [0.25, 0.3) is 0 Å². The molecule has 2 aliphatic rings. The predicted molar refractivity (Wildman–Crippen MR) is 88.1 cm³/mol. The number of likely N-dealkylation sites (tertiary alicyclic amines) is 1. The average Bonchev–Trinajstić information content (AvgIpc) is 2.80. The maximum atomic E-state index is 12.8. The molecule has 2 fully saturated rings. The van der Waals surface area contributed by atoms with Crippen LogP contribution in [0, 0.1) is 0 Å². The van der Waals surface area contributed by atoms with Gasteiger partial charge in [0.05, 0.1) is 13.1 Å². The van der Waals surface area contributed by atoms with E-state index in [1.165, 1.54) is 4.90 Å². The molecule has 0 aromatic carbocycles. The Hall–Kier alpha value is -2.31. The van der Waals surface area contributed by atoms with Gasteiger partial charge in [0.15, 0.2) is 0 Å². The molecule has 0 bridgehead atoms. The molecular formula is C17H23N3O4. The number of pyridine rings is 1. The van der Waals surface area contributed by atoms with Crippen LogP contribution in [-0.4, -0.2) is 59.1 Å². The highest BCUT2D eigenvalue weighted by Gasteiger charge is 2.47. The van der Waals surface area contributed by atoms with E-state index in [0.717, 1.165) is 18.5 Å². The van der Waals surface area contributed by atoms with Crippen LogP contribution in [0.15, 0.2) is 16.9 Å². The van der Waals surface area contributed by atoms with Crippen LogP contribution in [0.3, 0.4) is 0 Å². The Labute approximate surface area is 140 Å². The van der Waals surface area contributed by atoms with Crippen molar-refractivity contribution in [1.82, 2.24) is 14.8 Å². The third-order valence-corrected chi connectivity index (χ3v) is 4.75. The van der Waals surface area contributed by atoms with E-state index in [9.17, 15) is 14.4 Å². The Bertz CT molecular complexity index is 727. The molecule has 2 aliphatic heterocycles. The van der Waals surface area contributed by atoms with Gasteiger partial charge in [0.25, 0.3) is 11.5 Å². The maximum Gasteiger partial charge on any atom is 0.410 e. The zero-order chi connectivity index (χ0) is 17.5. The van der Waals surface area contributed by atoms with Crippen molar-refractivity contribution in [3.8, 4) is 0 Å². The van der Waals surface area contributed by atoms with Gasteiger partial charge in [-0.1, -0.05) is 13.8 Å². The molecule has 0 unspecified atom stereocenters. The van der Waals surface area contributed by atoms with Crippen LogP contribution in [-0.2, 0) is 4.74 Å². The fourth-order valence-electron chi connectivity index (χ4n) is 3.44. The van der Waals surface area contributed by atoms with Gasteiger partial charge in [-0.15, -0.1) is 0 Å². The monoisotopic (exact) mass is 333 g/mol. The van der Waals surface area contributed by atoms with Gasteiger partial charge < -0.3 is 19.5 Å². The smallest absolute Gasteiger partial charge is 0.410 e. The molecule has 1 aromatic heterocycles. The number of likely N-dealkylation sites (N-methyl/N-ethyl adjacent to an activating group) is 1. The Morgan fingerprint density at radius 3 is 2.62 bits per heavy atom. The second-order valence-electron chi connectivity index (χ2n) is 7.05. The van der Waals surface area contributed by atoms with Crippen LogP contribution >= 0.6 is 0 Å². The quantitative estimate of drug-likeness (QED) is 0.890. The van der Waals surface area contributed by atoms with Crippen molar-refractivity contribution < 1.29 is 14.3 Å². The fourth-order valence-corrected chi connectivity index (χ4v) is 3.44. The topological polar surface area (TPSA) is 82.7 Å². The number of amides is 2. The molecule has 2 amide bonds. The van der Waals surface area contributed by atoms with Gasteiger partial charge >= 0.3 is 6.09 Å². The molecule has 3 rings (SSSR count). The summed E-state index contributed by atoms with van der Waals surface area (Å²) in [5.41, 5.74) is -0.0804. The van der Waals surface area contributed by atoms with Crippen molar-refractivity contribution in [2.45, 2.75) is 38.2 Å². The summed E-state index contributed by atoms with van der Waals surface area (Å²) in [6.07, 6.45) is 1.12. The Kier molecular flexibility index (Phi) is 4.11. The number of nitrogens with zero attached hydrogens (tertiary/aromatic N) is 2. The van der Waals surface area contributed by atoms with E-state index in [1.54, 1.807) is 24.1 Å². The molecule has 3 heterocycles.